The van der Waals surface area contributed by atoms with Crippen LogP contribution in [0, 0.1) is 5.82 Å². The first kappa shape index (κ1) is 30.0. The molecule has 4 rings (SSSR count). The highest BCUT2D eigenvalue weighted by Gasteiger charge is 2.40. The normalized spacial score (nSPS) is 17.3. The fourth-order valence-electron chi connectivity index (χ4n) is 4.43. The Balaban J connectivity index is 1.57. The Kier molecular flexibility index (Phi) is 8.18. The molecule has 0 radical (unpaired) electrons. The molecule has 1 N–H and O–H groups in total. The Bertz CT molecular complexity index is 1700. The number of carbonyl (C=O) groups is 2. The van der Waals surface area contributed by atoms with Crippen molar-refractivity contribution in [3.05, 3.63) is 64.6 Å². The van der Waals surface area contributed by atoms with Gasteiger partial charge in [0.2, 0.25) is 0 Å². The molecule has 1 aliphatic rings. The zero-order chi connectivity index (χ0) is 30.2. The molecule has 11 nitrogen and oxygen atoms in total. The van der Waals surface area contributed by atoms with Gasteiger partial charge in [-0.25, -0.2) is 18.3 Å². The number of likely N-dealkylation sites (tertiary alicyclic amines) is 1. The van der Waals surface area contributed by atoms with Gasteiger partial charge in [0.15, 0.2) is 5.65 Å². The van der Waals surface area contributed by atoms with Crippen LogP contribution in [0.1, 0.15) is 36.5 Å². The van der Waals surface area contributed by atoms with E-state index in [2.05, 4.69) is 14.4 Å². The number of alkyl halides is 3. The quantitative estimate of drug-likeness (QED) is 0.431. The van der Waals surface area contributed by atoms with Crippen molar-refractivity contribution < 1.29 is 36.5 Å². The molecule has 0 bridgehead atoms. The topological polar surface area (TPSA) is 140 Å². The van der Waals surface area contributed by atoms with Crippen LogP contribution in [0.2, 0.25) is 0 Å². The van der Waals surface area contributed by atoms with Crippen molar-refractivity contribution in [1.29, 1.82) is 0 Å². The highest BCUT2D eigenvalue weighted by atomic mass is 32.2. The molecule has 0 spiro atoms. The van der Waals surface area contributed by atoms with E-state index in [0.29, 0.717) is 5.56 Å². The lowest BCUT2D eigenvalue weighted by atomic mass is 9.91. The third-order valence-electron chi connectivity index (χ3n) is 6.57. The maximum atomic E-state index is 13.2. The lowest BCUT2D eigenvalue weighted by Gasteiger charge is -2.38. The largest absolute Gasteiger partial charge is 0.474 e. The van der Waals surface area contributed by atoms with E-state index in [1.54, 1.807) is 6.92 Å². The van der Waals surface area contributed by atoms with E-state index >= 15 is 0 Å². The second-order valence-electron chi connectivity index (χ2n) is 9.64. The van der Waals surface area contributed by atoms with Crippen molar-refractivity contribution in [3.8, 4) is 0 Å². The van der Waals surface area contributed by atoms with Crippen LogP contribution < -0.4 is 5.56 Å². The number of piperidine rings is 1. The maximum Gasteiger partial charge on any atom is 0.474 e. The van der Waals surface area contributed by atoms with E-state index in [1.807, 2.05) is 0 Å². The number of fused-ring (bicyclic) bond motifs is 1. The van der Waals surface area contributed by atoms with Crippen LogP contribution in [0.4, 0.5) is 17.6 Å². The van der Waals surface area contributed by atoms with Crippen LogP contribution in [0.15, 0.2) is 52.0 Å². The summed E-state index contributed by atoms with van der Waals surface area (Å²) in [4.78, 5) is 43.1. The van der Waals surface area contributed by atoms with Crippen molar-refractivity contribution in [2.45, 2.75) is 44.5 Å². The van der Waals surface area contributed by atoms with Crippen molar-refractivity contribution in [2.24, 2.45) is 4.36 Å². The molecule has 3 heterocycles. The number of nitrogens with zero attached hydrogens (tertiary/aromatic N) is 6. The van der Waals surface area contributed by atoms with E-state index in [9.17, 15) is 41.3 Å². The minimum atomic E-state index is -5.32. The van der Waals surface area contributed by atoms with Gasteiger partial charge in [-0.05, 0) is 49.6 Å². The second kappa shape index (κ2) is 11.2. The van der Waals surface area contributed by atoms with Crippen molar-refractivity contribution in [2.75, 3.05) is 19.3 Å². The van der Waals surface area contributed by atoms with Gasteiger partial charge in [0.1, 0.15) is 22.6 Å². The Labute approximate surface area is 231 Å². The van der Waals surface area contributed by atoms with Gasteiger partial charge >= 0.3 is 12.1 Å². The molecule has 220 valence electrons. The van der Waals surface area contributed by atoms with E-state index in [1.165, 1.54) is 35.2 Å². The molecular weight excluding hydrogens is 572 g/mol. The molecule has 41 heavy (non-hydrogen) atoms. The summed E-state index contributed by atoms with van der Waals surface area (Å²) in [6, 6.07) is 5.11. The number of rotatable bonds is 6. The maximum absolute atomic E-state index is 13.2. The fourth-order valence-corrected chi connectivity index (χ4v) is 5.88. The van der Waals surface area contributed by atoms with E-state index in [4.69, 9.17) is 0 Å². The average Bonchev–Trinajstić information content (AvgIpc) is 3.33. The highest BCUT2D eigenvalue weighted by Crippen LogP contribution is 2.26. The number of allylic oxidation sites excluding steroid dienone is 1. The zero-order valence-electron chi connectivity index (χ0n) is 22.0. The molecule has 1 fully saturated rings. The molecule has 1 atom stereocenters. The van der Waals surface area contributed by atoms with E-state index in [0.717, 1.165) is 28.0 Å². The molecule has 0 aliphatic carbocycles. The lowest BCUT2D eigenvalue weighted by Crippen LogP contribution is -2.49. The van der Waals surface area contributed by atoms with Crippen LogP contribution in [0.5, 0.6) is 0 Å². The molecule has 1 aromatic carbocycles. The summed E-state index contributed by atoms with van der Waals surface area (Å²) in [6.07, 6.45) is -0.496. The lowest BCUT2D eigenvalue weighted by molar-refractivity contribution is -0.169. The summed E-state index contributed by atoms with van der Waals surface area (Å²) in [5.74, 6) is -3.30. The molecule has 0 saturated carbocycles. The summed E-state index contributed by atoms with van der Waals surface area (Å²) < 4.78 is 69.6. The number of hydrogen-bond acceptors (Lipinski definition) is 7. The van der Waals surface area contributed by atoms with Crippen LogP contribution in [0.3, 0.4) is 0 Å². The number of halogens is 4. The van der Waals surface area contributed by atoms with Gasteiger partial charge in [0, 0.05) is 24.9 Å². The number of amides is 2. The first-order chi connectivity index (χ1) is 19.1. The number of hydrogen-bond donors (Lipinski definition) is 1. The second-order valence-corrected chi connectivity index (χ2v) is 11.8. The summed E-state index contributed by atoms with van der Waals surface area (Å²) in [6.45, 7) is 1.82. The van der Waals surface area contributed by atoms with Crippen LogP contribution in [-0.4, -0.2) is 76.5 Å². The summed E-state index contributed by atoms with van der Waals surface area (Å²) in [5.41, 5.74) is -1.80. The summed E-state index contributed by atoms with van der Waals surface area (Å²) in [5, 5.41) is 14.7. The first-order valence-corrected chi connectivity index (χ1v) is 14.3. The molecule has 1 saturated heterocycles. The van der Waals surface area contributed by atoms with Gasteiger partial charge in [-0.15, -0.1) is 4.36 Å². The van der Waals surface area contributed by atoms with Gasteiger partial charge < -0.3 is 10.0 Å². The van der Waals surface area contributed by atoms with Gasteiger partial charge in [-0.2, -0.15) is 18.3 Å². The SMILES string of the molecule is CC/C=C(/n1ncc2c(=O)n(CC3(O)CCN(C(=O)c4ccc(F)cc4)CC3)cnc21)S(C)(=O)=NC(=O)C(F)(F)F. The molecule has 16 heteroatoms. The fraction of sp³-hybridized carbons (Fsp3) is 0.400. The van der Waals surface area contributed by atoms with Gasteiger partial charge in [0.05, 0.1) is 28.1 Å². The predicted octanol–water partition coefficient (Wildman–Crippen LogP) is 2.79. The molecule has 1 aliphatic heterocycles. The third kappa shape index (κ3) is 6.37. The van der Waals surface area contributed by atoms with Gasteiger partial charge in [-0.3, -0.25) is 19.0 Å². The van der Waals surface area contributed by atoms with Crippen LogP contribution in [-0.2, 0) is 21.1 Å². The first-order valence-electron chi connectivity index (χ1n) is 12.4. The van der Waals surface area contributed by atoms with Crippen molar-refractivity contribution in [3.63, 3.8) is 0 Å². The molecule has 3 aromatic rings. The number of carbonyl (C=O) groups excluding carboxylic acids is 2. The van der Waals surface area contributed by atoms with Crippen molar-refractivity contribution >= 4 is 37.6 Å². The molecule has 2 amide bonds. The number of aliphatic hydroxyl groups is 1. The Morgan fingerprint density at radius 1 is 1.20 bits per heavy atom. The van der Waals surface area contributed by atoms with Crippen LogP contribution >= 0.6 is 0 Å². The number of aromatic nitrogens is 4. The van der Waals surface area contributed by atoms with Crippen LogP contribution in [0.25, 0.3) is 16.1 Å². The summed E-state index contributed by atoms with van der Waals surface area (Å²) in [7, 11) is -3.94. The van der Waals surface area contributed by atoms with Crippen molar-refractivity contribution in [1.82, 2.24) is 24.2 Å². The Morgan fingerprint density at radius 2 is 1.83 bits per heavy atom. The summed E-state index contributed by atoms with van der Waals surface area (Å²) >= 11 is 0. The number of benzene rings is 1. The third-order valence-corrected chi connectivity index (χ3v) is 8.20. The predicted molar refractivity (Wildman–Crippen MR) is 140 cm³/mol. The molecule has 2 aromatic heterocycles. The molecular formula is C25H26F4N6O5S. The average molecular weight is 599 g/mol. The van der Waals surface area contributed by atoms with E-state index < -0.39 is 38.8 Å². The van der Waals surface area contributed by atoms with E-state index in [-0.39, 0.29) is 60.9 Å². The smallest absolute Gasteiger partial charge is 0.388 e. The Hall–Kier alpha value is -3.92. The highest BCUT2D eigenvalue weighted by molar-refractivity contribution is 8.01. The van der Waals surface area contributed by atoms with Gasteiger partial charge in [-0.1, -0.05) is 6.92 Å². The zero-order valence-corrected chi connectivity index (χ0v) is 22.8. The minimum absolute atomic E-state index is 0.0700. The monoisotopic (exact) mass is 598 g/mol. The standard InChI is InChI=1S/C25H26F4N6O5S/c1-3-4-19(41(2,40)32-23(38)25(27,28)29)35-20-18(13-31-35)22(37)34(15-30-20)14-24(39)9-11-33(12-10-24)21(36)16-5-7-17(26)8-6-16/h4-8,13,15,39H,3,9-12,14H2,1-2H3/b19-4-. The molecule has 1 unspecified atom stereocenters. The Morgan fingerprint density at radius 3 is 2.41 bits per heavy atom. The van der Waals surface area contributed by atoms with Gasteiger partial charge in [0.25, 0.3) is 11.5 Å². The minimum Gasteiger partial charge on any atom is -0.388 e.